The Morgan fingerprint density at radius 3 is 2.63 bits per heavy atom. The van der Waals surface area contributed by atoms with Gasteiger partial charge >= 0.3 is 11.9 Å². The molecular formula is C58H74N2O11. The Morgan fingerprint density at radius 1 is 0.958 bits per heavy atom. The Hall–Kier alpha value is -3.07. The van der Waals surface area contributed by atoms with Gasteiger partial charge in [-0.1, -0.05) is 38.8 Å². The molecule has 13 heteroatoms. The minimum Gasteiger partial charge on any atom is -0.469 e. The number of furan rings is 1. The Kier molecular flexibility index (Phi) is 8.51. The van der Waals surface area contributed by atoms with E-state index >= 15 is 9.59 Å². The molecule has 13 nitrogen and oxygen atoms in total. The average Bonchev–Trinajstić information content (AvgIpc) is 4.01. The predicted octanol–water partition coefficient (Wildman–Crippen LogP) is 6.48. The SMILES string of the molecule is C[C@]12[C@H](O)C(=O)[C@H]3[C@@]45COC(=O)[C@H]6[C@@]7(C[C@@H](C[C@@]8(C)[C@H](c9ccoc9C[C@@H]([C@H]9CC[C@H]%10[C@H](C=CN%11CNC[C@@H]%10%11)C9)[C@H](O)CO)OC(=O)[C@H]9O[C@@]918)[C@@H]24)[C@H](CC[C@@]71CCC2(CCCC2)C1)CC1=CC[C@]3(C)O[C@@]165. The second-order valence-corrected chi connectivity index (χ2v) is 27.8. The van der Waals surface area contributed by atoms with Crippen LogP contribution in [0.15, 0.2) is 40.7 Å². The monoisotopic (exact) mass is 975 g/mol. The van der Waals surface area contributed by atoms with Gasteiger partial charge in [0.05, 0.1) is 48.5 Å². The normalized spacial score (nSPS) is 55.4. The number of epoxide rings is 1. The molecule has 5 saturated heterocycles. The fourth-order valence-corrected chi connectivity index (χ4v) is 24.0. The summed E-state index contributed by atoms with van der Waals surface area (Å²) in [5, 5.41) is 39.3. The van der Waals surface area contributed by atoms with E-state index in [0.717, 1.165) is 76.6 Å². The molecule has 6 spiro atoms. The number of aliphatic hydroxyl groups is 3. The number of ketones is 1. The van der Waals surface area contributed by atoms with E-state index in [0.29, 0.717) is 42.9 Å². The molecule has 0 radical (unpaired) electrons. The number of nitrogens with zero attached hydrogens (tertiary/aromatic N) is 1. The van der Waals surface area contributed by atoms with Gasteiger partial charge in [-0.15, -0.1) is 0 Å². The standard InChI is InChI=1S/C58H74N2O11/c1-50-23-32-24-55-33(9-15-54(55)17-16-53(27-54)12-4-5-13-53)21-34-8-14-51(2)43-41(63)45(64)52(3,42(32)56(43)28-68-48(65)44(55)57(34,56)71-51)58(50)47(70-58)49(66)69-46(50)36-11-19-67-40(36)22-37(39(62)26-61)30-6-7-35-31(20-30)10-18-60-29-59-25-38(35)60/h8,10-11,18-19,30-33,35,37-39,42-47,59,61-62,64H,4-7,9,12-17,20-29H2,1-3H3/t30-,31+,32+,33+,35-,37-,38-,39+,42-,43+,44-,45+,46-,47+,50-,51-,52-,54-,55+,56+,57-,58+/m0/s1. The molecule has 0 unspecified atom stereocenters. The molecule has 71 heavy (non-hydrogen) atoms. The highest BCUT2D eigenvalue weighted by molar-refractivity contribution is 5.94. The lowest BCUT2D eigenvalue weighted by Crippen LogP contribution is -2.80. The highest BCUT2D eigenvalue weighted by Crippen LogP contribution is 2.90. The largest absolute Gasteiger partial charge is 0.469 e. The summed E-state index contributed by atoms with van der Waals surface area (Å²) in [6.45, 7) is 7.88. The van der Waals surface area contributed by atoms with Crippen LogP contribution in [0.3, 0.4) is 0 Å². The van der Waals surface area contributed by atoms with Crippen LogP contribution in [-0.4, -0.2) is 106 Å². The third-order valence-electron chi connectivity index (χ3n) is 25.9. The number of Topliss-reactive ketones (excluding diaryl/α,β-unsaturated/α-hetero) is 1. The van der Waals surface area contributed by atoms with Crippen molar-refractivity contribution in [1.82, 2.24) is 10.2 Å². The molecule has 0 amide bonds. The molecule has 8 heterocycles. The highest BCUT2D eigenvalue weighted by Gasteiger charge is 2.97. The third-order valence-corrected chi connectivity index (χ3v) is 25.9. The van der Waals surface area contributed by atoms with Crippen molar-refractivity contribution in [1.29, 1.82) is 0 Å². The number of allylic oxidation sites excluding steroid dienone is 1. The Bertz CT molecular complexity index is 2620. The van der Waals surface area contributed by atoms with Crippen molar-refractivity contribution in [3.8, 4) is 0 Å². The van der Waals surface area contributed by atoms with Gasteiger partial charge in [-0.3, -0.25) is 14.9 Å². The molecule has 22 atom stereocenters. The van der Waals surface area contributed by atoms with Crippen LogP contribution in [0.5, 0.6) is 0 Å². The second-order valence-electron chi connectivity index (χ2n) is 27.8. The summed E-state index contributed by atoms with van der Waals surface area (Å²) in [5.74, 6) is -1.08. The van der Waals surface area contributed by atoms with Gasteiger partial charge < -0.3 is 43.6 Å². The smallest absolute Gasteiger partial charge is 0.339 e. The summed E-state index contributed by atoms with van der Waals surface area (Å²) in [6.07, 6.45) is 20.9. The van der Waals surface area contributed by atoms with E-state index in [1.54, 1.807) is 6.26 Å². The van der Waals surface area contributed by atoms with Crippen LogP contribution in [0.4, 0.5) is 0 Å². The Balaban J connectivity index is 0.849. The molecule has 4 N–H and O–H groups in total. The zero-order valence-corrected chi connectivity index (χ0v) is 41.9. The van der Waals surface area contributed by atoms with E-state index in [1.165, 1.54) is 37.7 Å². The molecule has 15 aliphatic rings. The lowest BCUT2D eigenvalue weighted by Gasteiger charge is -2.70. The van der Waals surface area contributed by atoms with Crippen molar-refractivity contribution in [3.63, 3.8) is 0 Å². The maximum absolute atomic E-state index is 16.0. The number of aliphatic hydroxyl groups excluding tert-OH is 3. The summed E-state index contributed by atoms with van der Waals surface area (Å²) in [7, 11) is 0. The summed E-state index contributed by atoms with van der Waals surface area (Å²) < 4.78 is 35.1. The van der Waals surface area contributed by atoms with Gasteiger partial charge in [0, 0.05) is 35.4 Å². The molecule has 16 rings (SSSR count). The van der Waals surface area contributed by atoms with Gasteiger partial charge in [0.2, 0.25) is 0 Å². The Labute approximate surface area is 416 Å². The Morgan fingerprint density at radius 2 is 1.80 bits per heavy atom. The maximum atomic E-state index is 16.0. The van der Waals surface area contributed by atoms with Gasteiger partial charge in [0.15, 0.2) is 11.9 Å². The van der Waals surface area contributed by atoms with Crippen LogP contribution in [0, 0.1) is 85.8 Å². The molecule has 1 aromatic heterocycles. The number of ether oxygens (including phenoxy) is 4. The minimum atomic E-state index is -1.47. The first-order valence-electron chi connectivity index (χ1n) is 28.3. The number of carbonyl (C=O) groups is 3. The second kappa shape index (κ2) is 13.7. The number of cyclic esters (lactones) is 2. The van der Waals surface area contributed by atoms with Crippen LogP contribution in [0.25, 0.3) is 0 Å². The zero-order valence-electron chi connectivity index (χ0n) is 41.9. The van der Waals surface area contributed by atoms with Gasteiger partial charge in [-0.05, 0) is 172 Å². The number of esters is 2. The summed E-state index contributed by atoms with van der Waals surface area (Å²) in [4.78, 5) is 48.8. The van der Waals surface area contributed by atoms with E-state index in [9.17, 15) is 20.1 Å². The molecule has 8 aliphatic carbocycles. The third kappa shape index (κ3) is 4.67. The van der Waals surface area contributed by atoms with Gasteiger partial charge in [-0.2, -0.15) is 0 Å². The van der Waals surface area contributed by atoms with Gasteiger partial charge in [0.1, 0.15) is 35.8 Å². The molecule has 382 valence electrons. The lowest BCUT2D eigenvalue weighted by molar-refractivity contribution is -0.282. The quantitative estimate of drug-likeness (QED) is 0.138. The molecule has 13 fully saturated rings. The van der Waals surface area contributed by atoms with Crippen molar-refractivity contribution in [2.24, 2.45) is 85.8 Å². The van der Waals surface area contributed by atoms with E-state index in [-0.39, 0.29) is 65.4 Å². The topological polar surface area (TPSA) is 181 Å². The minimum absolute atomic E-state index is 0.0486. The van der Waals surface area contributed by atoms with E-state index in [2.05, 4.69) is 49.3 Å². The first-order chi connectivity index (χ1) is 34.1. The van der Waals surface area contributed by atoms with E-state index in [4.69, 9.17) is 23.4 Å². The fraction of sp³-hybridized carbons (Fsp3) is 0.810. The first-order valence-corrected chi connectivity index (χ1v) is 28.3. The number of nitrogens with one attached hydrogen (secondary N) is 1. The zero-order chi connectivity index (χ0) is 48.3. The van der Waals surface area contributed by atoms with Crippen LogP contribution in [0.1, 0.15) is 141 Å². The van der Waals surface area contributed by atoms with Crippen LogP contribution in [-0.2, 0) is 39.8 Å². The molecule has 5 bridgehead atoms. The molecule has 1 aromatic rings. The van der Waals surface area contributed by atoms with Crippen LogP contribution in [0.2, 0.25) is 0 Å². The average molecular weight is 975 g/mol. The lowest BCUT2D eigenvalue weighted by atomic mass is 9.33. The van der Waals surface area contributed by atoms with E-state index in [1.807, 2.05) is 6.07 Å². The predicted molar refractivity (Wildman–Crippen MR) is 253 cm³/mol. The van der Waals surface area contributed by atoms with Crippen molar-refractivity contribution in [3.05, 3.63) is 47.6 Å². The number of rotatable bonds is 6. The molecular weight excluding hydrogens is 901 g/mol. The van der Waals surface area contributed by atoms with Crippen molar-refractivity contribution in [2.75, 3.05) is 26.4 Å². The summed E-state index contributed by atoms with van der Waals surface area (Å²) in [6, 6.07) is 2.40. The number of carbonyl (C=O) groups excluding carboxylic acids is 3. The first kappa shape index (κ1) is 44.2. The highest BCUT2D eigenvalue weighted by atomic mass is 16.7. The van der Waals surface area contributed by atoms with Crippen LogP contribution >= 0.6 is 0 Å². The molecule has 0 aromatic carbocycles. The van der Waals surface area contributed by atoms with Crippen LogP contribution < -0.4 is 5.32 Å². The maximum Gasteiger partial charge on any atom is 0.339 e. The van der Waals surface area contributed by atoms with E-state index < -0.39 is 80.7 Å². The summed E-state index contributed by atoms with van der Waals surface area (Å²) >= 11 is 0. The van der Waals surface area contributed by atoms with Gasteiger partial charge in [-0.25, -0.2) is 4.79 Å². The fourth-order valence-electron chi connectivity index (χ4n) is 24.0. The number of fused-ring (bicyclic) bond motifs is 5. The number of hydrogen-bond acceptors (Lipinski definition) is 13. The van der Waals surface area contributed by atoms with Crippen molar-refractivity contribution >= 4 is 17.7 Å². The van der Waals surface area contributed by atoms with Crippen molar-refractivity contribution < 1.29 is 53.1 Å². The number of hydrogen-bond donors (Lipinski definition) is 4. The molecule has 7 aliphatic heterocycles. The molecule has 8 saturated carbocycles. The van der Waals surface area contributed by atoms with Crippen molar-refractivity contribution in [2.45, 2.75) is 177 Å². The summed E-state index contributed by atoms with van der Waals surface area (Å²) in [5.41, 5.74) is -4.89. The van der Waals surface area contributed by atoms with Gasteiger partial charge in [0.25, 0.3) is 0 Å².